The van der Waals surface area contributed by atoms with Crippen molar-refractivity contribution < 1.29 is 4.79 Å². The number of primary amides is 1. The zero-order valence-corrected chi connectivity index (χ0v) is 14.0. The highest BCUT2D eigenvalue weighted by molar-refractivity contribution is 7.80. The maximum Gasteiger partial charge on any atom is 0.222 e. The smallest absolute Gasteiger partial charge is 0.222 e. The number of carbonyl (C=O) groups is 1. The van der Waals surface area contributed by atoms with Crippen LogP contribution in [0.2, 0.25) is 0 Å². The third-order valence-corrected chi connectivity index (χ3v) is 4.50. The standard InChI is InChI=1S/C17H25N3OS/c1-2-3-5-13-7-9-15(10-8-13)19-17(22)20-11-4-6-14(12-20)16(18)21/h7-10,14H,2-6,11-12H2,1H3,(H2,18,21)(H,19,22)/t14-/m0/s1. The number of nitrogens with one attached hydrogen (secondary N) is 1. The zero-order valence-electron chi connectivity index (χ0n) is 13.2. The average Bonchev–Trinajstić information content (AvgIpc) is 2.54. The Morgan fingerprint density at radius 3 is 2.77 bits per heavy atom. The molecule has 4 nitrogen and oxygen atoms in total. The first kappa shape index (κ1) is 16.7. The van der Waals surface area contributed by atoms with Crippen LogP contribution in [0.15, 0.2) is 24.3 Å². The van der Waals surface area contributed by atoms with Gasteiger partial charge in [-0.1, -0.05) is 25.5 Å². The summed E-state index contributed by atoms with van der Waals surface area (Å²) in [6, 6.07) is 8.41. The summed E-state index contributed by atoms with van der Waals surface area (Å²) in [7, 11) is 0. The molecule has 0 bridgehead atoms. The number of benzene rings is 1. The lowest BCUT2D eigenvalue weighted by molar-refractivity contribution is -0.122. The van der Waals surface area contributed by atoms with Crippen LogP contribution in [-0.2, 0) is 11.2 Å². The monoisotopic (exact) mass is 319 g/mol. The first-order valence-electron chi connectivity index (χ1n) is 8.04. The summed E-state index contributed by atoms with van der Waals surface area (Å²) in [6.45, 7) is 3.70. The second kappa shape index (κ2) is 8.13. The van der Waals surface area contributed by atoms with Crippen LogP contribution in [0.4, 0.5) is 5.69 Å². The number of unbranched alkanes of at least 4 members (excludes halogenated alkanes) is 1. The van der Waals surface area contributed by atoms with Crippen molar-refractivity contribution in [2.75, 3.05) is 18.4 Å². The van der Waals surface area contributed by atoms with E-state index in [2.05, 4.69) is 36.5 Å². The Balaban J connectivity index is 1.89. The number of nitrogens with two attached hydrogens (primary N) is 1. The fourth-order valence-corrected chi connectivity index (χ4v) is 3.02. The Bertz CT molecular complexity index is 515. The molecule has 1 aromatic rings. The van der Waals surface area contributed by atoms with Crippen molar-refractivity contribution in [1.82, 2.24) is 4.90 Å². The lowest BCUT2D eigenvalue weighted by Crippen LogP contribution is -2.45. The zero-order chi connectivity index (χ0) is 15.9. The second-order valence-electron chi connectivity index (χ2n) is 5.92. The third kappa shape index (κ3) is 4.70. The summed E-state index contributed by atoms with van der Waals surface area (Å²) in [5.74, 6) is -0.322. The number of hydrogen-bond acceptors (Lipinski definition) is 2. The van der Waals surface area contributed by atoms with Crippen LogP contribution in [0.5, 0.6) is 0 Å². The van der Waals surface area contributed by atoms with E-state index in [4.69, 9.17) is 18.0 Å². The van der Waals surface area contributed by atoms with E-state index >= 15 is 0 Å². The molecule has 1 atom stereocenters. The predicted molar refractivity (Wildman–Crippen MR) is 94.8 cm³/mol. The molecule has 1 saturated heterocycles. The molecule has 0 aliphatic carbocycles. The van der Waals surface area contributed by atoms with Gasteiger partial charge in [-0.2, -0.15) is 0 Å². The van der Waals surface area contributed by atoms with Gasteiger partial charge in [0.1, 0.15) is 0 Å². The molecule has 1 heterocycles. The molecule has 0 radical (unpaired) electrons. The van der Waals surface area contributed by atoms with Crippen LogP contribution < -0.4 is 11.1 Å². The van der Waals surface area contributed by atoms with Crippen LogP contribution >= 0.6 is 12.2 Å². The number of nitrogens with zero attached hydrogens (tertiary/aromatic N) is 1. The fourth-order valence-electron chi connectivity index (χ4n) is 2.73. The van der Waals surface area contributed by atoms with E-state index in [0.29, 0.717) is 11.7 Å². The first-order valence-corrected chi connectivity index (χ1v) is 8.45. The number of likely N-dealkylation sites (tertiary alicyclic amines) is 1. The number of aryl methyl sites for hydroxylation is 1. The molecule has 1 aliphatic heterocycles. The van der Waals surface area contributed by atoms with Gasteiger partial charge in [-0.05, 0) is 55.6 Å². The van der Waals surface area contributed by atoms with Crippen molar-refractivity contribution in [3.63, 3.8) is 0 Å². The number of rotatable bonds is 5. The van der Waals surface area contributed by atoms with E-state index in [1.807, 2.05) is 4.90 Å². The van der Waals surface area contributed by atoms with Gasteiger partial charge in [0.2, 0.25) is 5.91 Å². The molecular weight excluding hydrogens is 294 g/mol. The summed E-state index contributed by atoms with van der Waals surface area (Å²) in [5, 5.41) is 3.93. The molecular formula is C17H25N3OS. The Labute approximate surface area is 138 Å². The fraction of sp³-hybridized carbons (Fsp3) is 0.529. The highest BCUT2D eigenvalue weighted by atomic mass is 32.1. The Hall–Kier alpha value is -1.62. The lowest BCUT2D eigenvalue weighted by Gasteiger charge is -2.33. The number of anilines is 1. The Morgan fingerprint density at radius 2 is 2.14 bits per heavy atom. The SMILES string of the molecule is CCCCc1ccc(NC(=S)N2CCC[C@H](C(N)=O)C2)cc1. The summed E-state index contributed by atoms with van der Waals surface area (Å²) in [4.78, 5) is 13.4. The molecule has 1 fully saturated rings. The van der Waals surface area contributed by atoms with Crippen molar-refractivity contribution >= 4 is 28.9 Å². The molecule has 3 N–H and O–H groups in total. The van der Waals surface area contributed by atoms with Crippen LogP contribution in [-0.4, -0.2) is 29.0 Å². The van der Waals surface area contributed by atoms with Gasteiger partial charge in [0.25, 0.3) is 0 Å². The van der Waals surface area contributed by atoms with Gasteiger partial charge in [0.05, 0.1) is 5.92 Å². The lowest BCUT2D eigenvalue weighted by atomic mass is 9.98. The van der Waals surface area contributed by atoms with E-state index in [1.165, 1.54) is 18.4 Å². The number of carbonyl (C=O) groups excluding carboxylic acids is 1. The molecule has 1 aliphatic rings. The minimum absolute atomic E-state index is 0.0927. The van der Waals surface area contributed by atoms with E-state index in [9.17, 15) is 4.79 Å². The molecule has 120 valence electrons. The highest BCUT2D eigenvalue weighted by Crippen LogP contribution is 2.18. The van der Waals surface area contributed by atoms with Crippen LogP contribution in [0.25, 0.3) is 0 Å². The first-order chi connectivity index (χ1) is 10.6. The molecule has 0 unspecified atom stereocenters. The molecule has 2 rings (SSSR count). The van der Waals surface area contributed by atoms with Gasteiger partial charge in [0.15, 0.2) is 5.11 Å². The van der Waals surface area contributed by atoms with E-state index in [0.717, 1.165) is 31.5 Å². The van der Waals surface area contributed by atoms with Crippen molar-refractivity contribution in [2.24, 2.45) is 11.7 Å². The largest absolute Gasteiger partial charge is 0.369 e. The number of thiocarbonyl (C=S) groups is 1. The van der Waals surface area contributed by atoms with Crippen molar-refractivity contribution in [3.8, 4) is 0 Å². The van der Waals surface area contributed by atoms with Crippen LogP contribution in [0, 0.1) is 5.92 Å². The highest BCUT2D eigenvalue weighted by Gasteiger charge is 2.25. The number of hydrogen-bond donors (Lipinski definition) is 2. The number of piperidine rings is 1. The molecule has 5 heteroatoms. The summed E-state index contributed by atoms with van der Waals surface area (Å²) >= 11 is 5.46. The van der Waals surface area contributed by atoms with Gasteiger partial charge in [-0.15, -0.1) is 0 Å². The van der Waals surface area contributed by atoms with Gasteiger partial charge in [-0.3, -0.25) is 4.79 Å². The summed E-state index contributed by atoms with van der Waals surface area (Å²) in [5.41, 5.74) is 7.75. The van der Waals surface area contributed by atoms with Gasteiger partial charge in [-0.25, -0.2) is 0 Å². The van der Waals surface area contributed by atoms with Crippen molar-refractivity contribution in [1.29, 1.82) is 0 Å². The number of amides is 1. The maximum absolute atomic E-state index is 11.3. The summed E-state index contributed by atoms with van der Waals surface area (Å²) in [6.07, 6.45) is 5.35. The van der Waals surface area contributed by atoms with Crippen LogP contribution in [0.1, 0.15) is 38.2 Å². The minimum atomic E-state index is -0.229. The topological polar surface area (TPSA) is 58.4 Å². The average molecular weight is 319 g/mol. The molecule has 22 heavy (non-hydrogen) atoms. The molecule has 1 amide bonds. The summed E-state index contributed by atoms with van der Waals surface area (Å²) < 4.78 is 0. The van der Waals surface area contributed by atoms with Crippen molar-refractivity contribution in [3.05, 3.63) is 29.8 Å². The van der Waals surface area contributed by atoms with E-state index in [-0.39, 0.29) is 11.8 Å². The van der Waals surface area contributed by atoms with E-state index < -0.39 is 0 Å². The second-order valence-corrected chi connectivity index (χ2v) is 6.30. The quantitative estimate of drug-likeness (QED) is 0.819. The van der Waals surface area contributed by atoms with E-state index in [1.54, 1.807) is 0 Å². The molecule has 1 aromatic carbocycles. The molecule has 0 aromatic heterocycles. The van der Waals surface area contributed by atoms with Gasteiger partial charge < -0.3 is 16.0 Å². The Morgan fingerprint density at radius 1 is 1.41 bits per heavy atom. The minimum Gasteiger partial charge on any atom is -0.369 e. The normalized spacial score (nSPS) is 18.0. The molecule has 0 spiro atoms. The van der Waals surface area contributed by atoms with Gasteiger partial charge in [0, 0.05) is 18.8 Å². The van der Waals surface area contributed by atoms with Gasteiger partial charge >= 0.3 is 0 Å². The van der Waals surface area contributed by atoms with Crippen molar-refractivity contribution in [2.45, 2.75) is 39.0 Å². The maximum atomic E-state index is 11.3. The third-order valence-electron chi connectivity index (χ3n) is 4.14. The molecule has 0 saturated carbocycles. The predicted octanol–water partition coefficient (Wildman–Crippen LogP) is 2.92. The van der Waals surface area contributed by atoms with Crippen LogP contribution in [0.3, 0.4) is 0 Å². The Kier molecular flexibility index (Phi) is 6.19.